The molecular weight excluding hydrogens is 164 g/mol. The number of ether oxygens (including phenoxy) is 1. The zero-order chi connectivity index (χ0) is 9.52. The summed E-state index contributed by atoms with van der Waals surface area (Å²) < 4.78 is 5.61. The van der Waals surface area contributed by atoms with Crippen molar-refractivity contribution in [3.8, 4) is 0 Å². The lowest BCUT2D eigenvalue weighted by atomic mass is 9.93. The SMILES string of the molecule is CCN[C@H]1CC[C@H](OCCN)CC1. The number of rotatable bonds is 5. The second kappa shape index (κ2) is 6.35. The van der Waals surface area contributed by atoms with Gasteiger partial charge in [-0.2, -0.15) is 0 Å². The van der Waals surface area contributed by atoms with Crippen molar-refractivity contribution in [3.63, 3.8) is 0 Å². The molecule has 3 nitrogen and oxygen atoms in total. The summed E-state index contributed by atoms with van der Waals surface area (Å²) in [5, 5.41) is 3.48. The third-order valence-corrected chi connectivity index (χ3v) is 2.64. The molecule has 0 aliphatic heterocycles. The summed E-state index contributed by atoms with van der Waals surface area (Å²) in [4.78, 5) is 0. The predicted molar refractivity (Wildman–Crippen MR) is 54.7 cm³/mol. The van der Waals surface area contributed by atoms with E-state index in [1.807, 2.05) is 0 Å². The first kappa shape index (κ1) is 11.0. The number of hydrogen-bond acceptors (Lipinski definition) is 3. The van der Waals surface area contributed by atoms with Crippen LogP contribution in [0.15, 0.2) is 0 Å². The number of nitrogens with one attached hydrogen (secondary N) is 1. The average Bonchev–Trinajstić information content (AvgIpc) is 2.17. The molecule has 0 aromatic rings. The molecule has 1 aliphatic carbocycles. The van der Waals surface area contributed by atoms with Gasteiger partial charge in [-0.3, -0.25) is 0 Å². The minimum Gasteiger partial charge on any atom is -0.377 e. The van der Waals surface area contributed by atoms with Crippen LogP contribution in [0.2, 0.25) is 0 Å². The van der Waals surface area contributed by atoms with E-state index >= 15 is 0 Å². The van der Waals surface area contributed by atoms with E-state index in [1.54, 1.807) is 0 Å². The Morgan fingerprint density at radius 2 is 2.00 bits per heavy atom. The van der Waals surface area contributed by atoms with Crippen LogP contribution >= 0.6 is 0 Å². The molecule has 0 aromatic carbocycles. The maximum absolute atomic E-state index is 5.61. The normalized spacial score (nSPS) is 29.1. The number of nitrogens with two attached hydrogens (primary N) is 1. The Bertz CT molecular complexity index is 122. The minimum absolute atomic E-state index is 0.471. The van der Waals surface area contributed by atoms with Gasteiger partial charge in [0.25, 0.3) is 0 Å². The summed E-state index contributed by atoms with van der Waals surface area (Å²) in [7, 11) is 0. The molecule has 1 rings (SSSR count). The molecule has 0 bridgehead atoms. The van der Waals surface area contributed by atoms with Gasteiger partial charge in [-0.25, -0.2) is 0 Å². The molecule has 13 heavy (non-hydrogen) atoms. The van der Waals surface area contributed by atoms with E-state index in [-0.39, 0.29) is 0 Å². The van der Waals surface area contributed by atoms with E-state index < -0.39 is 0 Å². The van der Waals surface area contributed by atoms with Crippen molar-refractivity contribution in [1.29, 1.82) is 0 Å². The highest BCUT2D eigenvalue weighted by molar-refractivity contribution is 4.76. The lowest BCUT2D eigenvalue weighted by Crippen LogP contribution is -2.35. The van der Waals surface area contributed by atoms with E-state index in [9.17, 15) is 0 Å². The van der Waals surface area contributed by atoms with Crippen LogP contribution in [0.25, 0.3) is 0 Å². The van der Waals surface area contributed by atoms with Crippen LogP contribution in [0.4, 0.5) is 0 Å². The second-order valence-corrected chi connectivity index (χ2v) is 3.69. The van der Waals surface area contributed by atoms with Crippen LogP contribution in [-0.4, -0.2) is 31.8 Å². The van der Waals surface area contributed by atoms with Gasteiger partial charge < -0.3 is 15.8 Å². The summed E-state index contributed by atoms with van der Waals surface area (Å²) in [5.41, 5.74) is 5.38. The lowest BCUT2D eigenvalue weighted by molar-refractivity contribution is 0.0272. The Hall–Kier alpha value is -0.120. The summed E-state index contributed by atoms with van der Waals surface area (Å²) in [6.45, 7) is 4.61. The molecule has 0 spiro atoms. The van der Waals surface area contributed by atoms with E-state index in [1.165, 1.54) is 25.7 Å². The molecule has 0 saturated heterocycles. The molecule has 78 valence electrons. The fourth-order valence-electron chi connectivity index (χ4n) is 1.96. The first-order valence-corrected chi connectivity index (χ1v) is 5.41. The van der Waals surface area contributed by atoms with Crippen LogP contribution in [0.5, 0.6) is 0 Å². The summed E-state index contributed by atoms with van der Waals surface area (Å²) >= 11 is 0. The Morgan fingerprint density at radius 1 is 1.31 bits per heavy atom. The molecule has 0 aromatic heterocycles. The Balaban J connectivity index is 2.08. The van der Waals surface area contributed by atoms with Crippen LogP contribution in [-0.2, 0) is 4.74 Å². The monoisotopic (exact) mass is 186 g/mol. The van der Waals surface area contributed by atoms with Crippen LogP contribution in [0, 0.1) is 0 Å². The first-order chi connectivity index (χ1) is 6.36. The summed E-state index contributed by atoms with van der Waals surface area (Å²) in [6.07, 6.45) is 5.36. The fourth-order valence-corrected chi connectivity index (χ4v) is 1.96. The van der Waals surface area contributed by atoms with Gasteiger partial charge in [0.2, 0.25) is 0 Å². The largest absolute Gasteiger partial charge is 0.377 e. The predicted octanol–water partition coefficient (Wildman–Crippen LogP) is 0.882. The van der Waals surface area contributed by atoms with Crippen molar-refractivity contribution in [2.45, 2.75) is 44.8 Å². The third kappa shape index (κ3) is 4.07. The van der Waals surface area contributed by atoms with Gasteiger partial charge in [0.1, 0.15) is 0 Å². The zero-order valence-corrected chi connectivity index (χ0v) is 8.59. The molecule has 3 heteroatoms. The van der Waals surface area contributed by atoms with Crippen molar-refractivity contribution in [2.75, 3.05) is 19.7 Å². The highest BCUT2D eigenvalue weighted by Gasteiger charge is 2.20. The Kier molecular flexibility index (Phi) is 5.35. The average molecular weight is 186 g/mol. The van der Waals surface area contributed by atoms with Crippen molar-refractivity contribution >= 4 is 0 Å². The molecule has 1 aliphatic rings. The van der Waals surface area contributed by atoms with Crippen molar-refractivity contribution < 1.29 is 4.74 Å². The van der Waals surface area contributed by atoms with E-state index in [0.29, 0.717) is 12.6 Å². The Labute approximate surface area is 81.0 Å². The molecule has 1 saturated carbocycles. The van der Waals surface area contributed by atoms with E-state index in [2.05, 4.69) is 12.2 Å². The maximum atomic E-state index is 5.61. The van der Waals surface area contributed by atoms with Gasteiger partial charge >= 0.3 is 0 Å². The molecule has 0 amide bonds. The molecule has 0 heterocycles. The molecule has 0 unspecified atom stereocenters. The van der Waals surface area contributed by atoms with Crippen molar-refractivity contribution in [3.05, 3.63) is 0 Å². The highest BCUT2D eigenvalue weighted by atomic mass is 16.5. The molecule has 0 radical (unpaired) electrons. The smallest absolute Gasteiger partial charge is 0.0592 e. The van der Waals surface area contributed by atoms with Crippen molar-refractivity contribution in [2.24, 2.45) is 5.73 Å². The second-order valence-electron chi connectivity index (χ2n) is 3.69. The molecular formula is C10H22N2O. The molecule has 1 fully saturated rings. The van der Waals surface area contributed by atoms with Crippen LogP contribution < -0.4 is 11.1 Å². The lowest BCUT2D eigenvalue weighted by Gasteiger charge is -2.28. The zero-order valence-electron chi connectivity index (χ0n) is 8.59. The Morgan fingerprint density at radius 3 is 2.54 bits per heavy atom. The fraction of sp³-hybridized carbons (Fsp3) is 1.00. The summed E-state index contributed by atoms with van der Waals surface area (Å²) in [6, 6.07) is 0.725. The van der Waals surface area contributed by atoms with Crippen LogP contribution in [0.3, 0.4) is 0 Å². The topological polar surface area (TPSA) is 47.3 Å². The quantitative estimate of drug-likeness (QED) is 0.670. The first-order valence-electron chi connectivity index (χ1n) is 5.41. The van der Waals surface area contributed by atoms with E-state index in [0.717, 1.165) is 19.2 Å². The van der Waals surface area contributed by atoms with Gasteiger partial charge in [-0.05, 0) is 32.2 Å². The van der Waals surface area contributed by atoms with Gasteiger partial charge in [-0.15, -0.1) is 0 Å². The van der Waals surface area contributed by atoms with Crippen LogP contribution in [0.1, 0.15) is 32.6 Å². The van der Waals surface area contributed by atoms with Gasteiger partial charge in [0.15, 0.2) is 0 Å². The van der Waals surface area contributed by atoms with E-state index in [4.69, 9.17) is 10.5 Å². The summed E-state index contributed by atoms with van der Waals surface area (Å²) in [5.74, 6) is 0. The number of hydrogen-bond donors (Lipinski definition) is 2. The molecule has 3 N–H and O–H groups in total. The van der Waals surface area contributed by atoms with Gasteiger partial charge in [-0.1, -0.05) is 6.92 Å². The van der Waals surface area contributed by atoms with Gasteiger partial charge in [0.05, 0.1) is 12.7 Å². The minimum atomic E-state index is 0.471. The van der Waals surface area contributed by atoms with Gasteiger partial charge in [0, 0.05) is 12.6 Å². The van der Waals surface area contributed by atoms with Crippen molar-refractivity contribution in [1.82, 2.24) is 5.32 Å². The third-order valence-electron chi connectivity index (χ3n) is 2.64. The molecule has 0 atom stereocenters. The highest BCUT2D eigenvalue weighted by Crippen LogP contribution is 2.20. The maximum Gasteiger partial charge on any atom is 0.0592 e. The standard InChI is InChI=1S/C10H22N2O/c1-2-12-9-3-5-10(6-4-9)13-8-7-11/h9-10,12H,2-8,11H2,1H3/t9-,10-.